The summed E-state index contributed by atoms with van der Waals surface area (Å²) in [4.78, 5) is 14.0. The van der Waals surface area contributed by atoms with E-state index in [-0.39, 0.29) is 5.84 Å². The van der Waals surface area contributed by atoms with Crippen LogP contribution in [0.4, 0.5) is 0 Å². The van der Waals surface area contributed by atoms with Crippen molar-refractivity contribution >= 4 is 72.3 Å². The van der Waals surface area contributed by atoms with Crippen LogP contribution in [0.1, 0.15) is 16.7 Å². The van der Waals surface area contributed by atoms with Crippen molar-refractivity contribution in [1.82, 2.24) is 4.98 Å². The standard InChI is InChI=1S/C44H28N4O/c45-42(29-12-3-1-4-13-29)48-43(30-14-5-2-6-15-30)47-27-33-23-24-46-44-41(33)37-22-21-31(26-39(37)49-44)38-25-32-20-19-28-11-7-8-16-34(28)40(32)36-18-10-9-17-35(36)38/h1-27,45H. The molecule has 49 heavy (non-hydrogen) atoms. The Morgan fingerprint density at radius 1 is 0.592 bits per heavy atom. The fourth-order valence-electron chi connectivity index (χ4n) is 6.77. The van der Waals surface area contributed by atoms with Crippen molar-refractivity contribution in [3.63, 3.8) is 0 Å². The largest absolute Gasteiger partial charge is 0.438 e. The van der Waals surface area contributed by atoms with E-state index in [0.29, 0.717) is 11.5 Å². The Morgan fingerprint density at radius 2 is 1.29 bits per heavy atom. The van der Waals surface area contributed by atoms with E-state index in [1.807, 2.05) is 66.7 Å². The molecule has 0 radical (unpaired) electrons. The Morgan fingerprint density at radius 3 is 2.10 bits per heavy atom. The summed E-state index contributed by atoms with van der Waals surface area (Å²) < 4.78 is 6.39. The number of nitrogens with zero attached hydrogens (tertiary/aromatic N) is 3. The summed E-state index contributed by atoms with van der Waals surface area (Å²) in [5.74, 6) is 0.595. The number of hydrogen-bond donors (Lipinski definition) is 1. The smallest absolute Gasteiger partial charge is 0.227 e. The van der Waals surface area contributed by atoms with Crippen molar-refractivity contribution < 1.29 is 4.42 Å². The molecule has 5 heteroatoms. The maximum atomic E-state index is 8.64. The third kappa shape index (κ3) is 5.05. The van der Waals surface area contributed by atoms with E-state index in [1.54, 1.807) is 12.4 Å². The second-order valence-electron chi connectivity index (χ2n) is 12.0. The predicted molar refractivity (Wildman–Crippen MR) is 203 cm³/mol. The van der Waals surface area contributed by atoms with E-state index in [9.17, 15) is 0 Å². The Bertz CT molecular complexity index is 2780. The van der Waals surface area contributed by atoms with Gasteiger partial charge in [-0.3, -0.25) is 5.41 Å². The first-order chi connectivity index (χ1) is 24.2. The minimum Gasteiger partial charge on any atom is -0.438 e. The maximum absolute atomic E-state index is 8.64. The van der Waals surface area contributed by atoms with Gasteiger partial charge in [-0.05, 0) is 67.7 Å². The van der Waals surface area contributed by atoms with Crippen LogP contribution in [0.3, 0.4) is 0 Å². The molecule has 2 aromatic heterocycles. The number of amidine groups is 2. The topological polar surface area (TPSA) is 74.6 Å². The summed E-state index contributed by atoms with van der Waals surface area (Å²) in [7, 11) is 0. The van der Waals surface area contributed by atoms with Crippen molar-refractivity contribution in [2.24, 2.45) is 9.98 Å². The molecule has 7 aromatic carbocycles. The van der Waals surface area contributed by atoms with Gasteiger partial charge in [-0.1, -0.05) is 127 Å². The molecule has 0 aliphatic carbocycles. The fraction of sp³-hybridized carbons (Fsp3) is 0. The number of rotatable bonds is 4. The summed E-state index contributed by atoms with van der Waals surface area (Å²) in [6.07, 6.45) is 3.53. The van der Waals surface area contributed by atoms with E-state index in [4.69, 9.17) is 14.8 Å². The molecule has 9 aromatic rings. The third-order valence-corrected chi connectivity index (χ3v) is 9.09. The molecule has 0 atom stereocenters. The van der Waals surface area contributed by atoms with Crippen LogP contribution < -0.4 is 0 Å². The van der Waals surface area contributed by atoms with Crippen LogP contribution in [-0.4, -0.2) is 22.9 Å². The minimum atomic E-state index is 0.146. The third-order valence-electron chi connectivity index (χ3n) is 9.09. The Hall–Kier alpha value is -6.72. The van der Waals surface area contributed by atoms with Crippen molar-refractivity contribution in [1.29, 1.82) is 5.41 Å². The number of aliphatic imine (C=N–C) groups is 2. The maximum Gasteiger partial charge on any atom is 0.227 e. The first-order valence-corrected chi connectivity index (χ1v) is 16.2. The van der Waals surface area contributed by atoms with E-state index in [0.717, 1.165) is 44.2 Å². The zero-order chi connectivity index (χ0) is 32.7. The molecule has 230 valence electrons. The number of hydrogen-bond acceptors (Lipinski definition) is 3. The molecule has 2 heterocycles. The second kappa shape index (κ2) is 11.8. The van der Waals surface area contributed by atoms with Gasteiger partial charge in [0.2, 0.25) is 5.71 Å². The van der Waals surface area contributed by atoms with Gasteiger partial charge in [0.15, 0.2) is 11.7 Å². The number of aromatic nitrogens is 1. The van der Waals surface area contributed by atoms with Crippen molar-refractivity contribution in [2.45, 2.75) is 0 Å². The van der Waals surface area contributed by atoms with Gasteiger partial charge in [0.1, 0.15) is 5.58 Å². The quantitative estimate of drug-likeness (QED) is 0.120. The average Bonchev–Trinajstić information content (AvgIpc) is 3.55. The predicted octanol–water partition coefficient (Wildman–Crippen LogP) is 11.0. The fourth-order valence-corrected chi connectivity index (χ4v) is 6.77. The number of nitrogens with one attached hydrogen (secondary N) is 1. The lowest BCUT2D eigenvalue weighted by Crippen LogP contribution is -2.04. The molecular weight excluding hydrogens is 601 g/mol. The van der Waals surface area contributed by atoms with Crippen LogP contribution in [0.15, 0.2) is 172 Å². The van der Waals surface area contributed by atoms with Gasteiger partial charge >= 0.3 is 0 Å². The molecule has 0 amide bonds. The van der Waals surface area contributed by atoms with Gasteiger partial charge in [-0.15, -0.1) is 0 Å². The lowest BCUT2D eigenvalue weighted by molar-refractivity contribution is 0.654. The summed E-state index contributed by atoms with van der Waals surface area (Å²) in [6, 6.07) is 51.5. The van der Waals surface area contributed by atoms with E-state index >= 15 is 0 Å². The van der Waals surface area contributed by atoms with Gasteiger partial charge in [0.05, 0.1) is 5.39 Å². The molecule has 0 saturated heterocycles. The van der Waals surface area contributed by atoms with Gasteiger partial charge < -0.3 is 4.42 Å². The van der Waals surface area contributed by atoms with E-state index < -0.39 is 0 Å². The van der Waals surface area contributed by atoms with Crippen LogP contribution in [0.2, 0.25) is 0 Å². The summed E-state index contributed by atoms with van der Waals surface area (Å²) >= 11 is 0. The van der Waals surface area contributed by atoms with Crippen molar-refractivity contribution in [3.05, 3.63) is 175 Å². The van der Waals surface area contributed by atoms with Gasteiger partial charge in [0, 0.05) is 34.5 Å². The summed E-state index contributed by atoms with van der Waals surface area (Å²) in [6.45, 7) is 0. The highest BCUT2D eigenvalue weighted by atomic mass is 16.3. The van der Waals surface area contributed by atoms with Crippen molar-refractivity contribution in [2.75, 3.05) is 0 Å². The first-order valence-electron chi connectivity index (χ1n) is 16.2. The zero-order valence-electron chi connectivity index (χ0n) is 26.3. The van der Waals surface area contributed by atoms with E-state index in [1.165, 1.54) is 32.3 Å². The number of furan rings is 1. The highest BCUT2D eigenvalue weighted by Crippen LogP contribution is 2.40. The molecule has 0 spiro atoms. The molecule has 5 nitrogen and oxygen atoms in total. The van der Waals surface area contributed by atoms with Crippen molar-refractivity contribution in [3.8, 4) is 11.1 Å². The molecule has 0 aliphatic heterocycles. The average molecular weight is 629 g/mol. The number of pyridine rings is 1. The molecule has 0 fully saturated rings. The van der Waals surface area contributed by atoms with Crippen LogP contribution in [0.25, 0.3) is 65.5 Å². The molecular formula is C44H28N4O. The van der Waals surface area contributed by atoms with Crippen LogP contribution >= 0.6 is 0 Å². The highest BCUT2D eigenvalue weighted by Gasteiger charge is 2.16. The molecule has 0 unspecified atom stereocenters. The van der Waals surface area contributed by atoms with Crippen LogP contribution in [0.5, 0.6) is 0 Å². The van der Waals surface area contributed by atoms with Crippen LogP contribution in [0, 0.1) is 5.41 Å². The molecule has 1 N–H and O–H groups in total. The normalized spacial score (nSPS) is 12.2. The minimum absolute atomic E-state index is 0.146. The summed E-state index contributed by atoms with van der Waals surface area (Å²) in [5.41, 5.74) is 5.93. The zero-order valence-corrected chi connectivity index (χ0v) is 26.3. The van der Waals surface area contributed by atoms with Gasteiger partial charge in [-0.25, -0.2) is 15.0 Å². The van der Waals surface area contributed by atoms with Gasteiger partial charge in [-0.2, -0.15) is 0 Å². The number of benzene rings is 7. The number of fused-ring (bicyclic) bond motifs is 8. The van der Waals surface area contributed by atoms with Gasteiger partial charge in [0.25, 0.3) is 0 Å². The molecule has 0 saturated carbocycles. The highest BCUT2D eigenvalue weighted by molar-refractivity contribution is 6.24. The Labute approximate surface area is 282 Å². The monoisotopic (exact) mass is 628 g/mol. The molecule has 9 rings (SSSR count). The Balaban J connectivity index is 1.16. The SMILES string of the molecule is N=C(N=C(N=Cc1ccnc2oc3cc(-c4cc5ccc6ccccc6c5c5ccccc45)ccc3c12)c1ccccc1)c1ccccc1. The van der Waals surface area contributed by atoms with Crippen LogP contribution in [-0.2, 0) is 0 Å². The first kappa shape index (κ1) is 28.5. The lowest BCUT2D eigenvalue weighted by atomic mass is 9.90. The second-order valence-corrected chi connectivity index (χ2v) is 12.0. The molecule has 0 bridgehead atoms. The van der Waals surface area contributed by atoms with E-state index in [2.05, 4.69) is 94.9 Å². The lowest BCUT2D eigenvalue weighted by Gasteiger charge is -2.13. The summed E-state index contributed by atoms with van der Waals surface area (Å²) in [5, 5.41) is 17.9. The Kier molecular flexibility index (Phi) is 6.87. The molecule has 0 aliphatic rings.